The zero-order valence-electron chi connectivity index (χ0n) is 14.3. The maximum absolute atomic E-state index is 3.86. The second-order valence-corrected chi connectivity index (χ2v) is 7.88. The summed E-state index contributed by atoms with van der Waals surface area (Å²) >= 11 is 0. The zero-order valence-corrected chi connectivity index (χ0v) is 14.3. The predicted molar refractivity (Wildman–Crippen MR) is 96.0 cm³/mol. The Kier molecular flexibility index (Phi) is 6.60. The first-order chi connectivity index (χ1) is 10.9. The van der Waals surface area contributed by atoms with Gasteiger partial charge in [0.15, 0.2) is 0 Å². The minimum absolute atomic E-state index is 0.622. The molecule has 0 spiro atoms. The van der Waals surface area contributed by atoms with Crippen LogP contribution in [-0.4, -0.2) is 12.1 Å². The van der Waals surface area contributed by atoms with Gasteiger partial charge in [0.1, 0.15) is 0 Å². The lowest BCUT2D eigenvalue weighted by molar-refractivity contribution is 0.385. The van der Waals surface area contributed by atoms with Gasteiger partial charge in [-0.25, -0.2) is 0 Å². The largest absolute Gasteiger partial charge is 0.304 e. The zero-order chi connectivity index (χ0) is 15.0. The summed E-state index contributed by atoms with van der Waals surface area (Å²) in [7, 11) is 0. The Morgan fingerprint density at radius 2 is 0.909 bits per heavy atom. The Morgan fingerprint density at radius 1 is 0.455 bits per heavy atom. The van der Waals surface area contributed by atoms with Gasteiger partial charge in [-0.2, -0.15) is 0 Å². The van der Waals surface area contributed by atoms with Crippen LogP contribution >= 0.6 is 0 Å². The molecule has 0 bridgehead atoms. The van der Waals surface area contributed by atoms with Crippen LogP contribution in [0.5, 0.6) is 0 Å². The minimum Gasteiger partial charge on any atom is -0.304 e. The van der Waals surface area contributed by atoms with Crippen LogP contribution in [0.1, 0.15) is 83.5 Å². The van der Waals surface area contributed by atoms with Crippen LogP contribution in [0.25, 0.3) is 0 Å². The molecular formula is C21H35N. The highest BCUT2D eigenvalue weighted by Crippen LogP contribution is 2.26. The molecule has 124 valence electrons. The first kappa shape index (κ1) is 16.3. The van der Waals surface area contributed by atoms with E-state index in [1.165, 1.54) is 83.5 Å². The van der Waals surface area contributed by atoms with Crippen molar-refractivity contribution in [1.29, 1.82) is 0 Å². The summed E-state index contributed by atoms with van der Waals surface area (Å²) in [6.07, 6.45) is 28.5. The first-order valence-corrected chi connectivity index (χ1v) is 10.0. The summed E-state index contributed by atoms with van der Waals surface area (Å²) < 4.78 is 0. The molecule has 3 fully saturated rings. The Hall–Kier alpha value is -0.560. The molecule has 0 radical (unpaired) electrons. The van der Waals surface area contributed by atoms with Crippen molar-refractivity contribution in [3.8, 4) is 0 Å². The van der Waals surface area contributed by atoms with Crippen LogP contribution in [0.4, 0.5) is 0 Å². The maximum Gasteiger partial charge on any atom is 0.0255 e. The Labute approximate surface area is 137 Å². The van der Waals surface area contributed by atoms with Gasteiger partial charge in [0.2, 0.25) is 0 Å². The molecule has 1 heteroatoms. The van der Waals surface area contributed by atoms with Crippen molar-refractivity contribution in [3.63, 3.8) is 0 Å². The molecule has 1 heterocycles. The molecule has 1 N–H and O–H groups in total. The molecule has 0 aromatic heterocycles. The summed E-state index contributed by atoms with van der Waals surface area (Å²) in [5.41, 5.74) is 0. The number of nitrogens with one attached hydrogen (secondary N) is 1. The van der Waals surface area contributed by atoms with Crippen molar-refractivity contribution < 1.29 is 0 Å². The Morgan fingerprint density at radius 3 is 1.36 bits per heavy atom. The fourth-order valence-electron chi connectivity index (χ4n) is 4.54. The highest BCUT2D eigenvalue weighted by molar-refractivity contribution is 5.05. The van der Waals surface area contributed by atoms with E-state index in [-0.39, 0.29) is 0 Å². The van der Waals surface area contributed by atoms with E-state index >= 15 is 0 Å². The van der Waals surface area contributed by atoms with Gasteiger partial charge in [0.05, 0.1) is 0 Å². The van der Waals surface area contributed by atoms with E-state index < -0.39 is 0 Å². The molecule has 1 nitrogen and oxygen atoms in total. The number of allylic oxidation sites excluding steroid dienone is 2. The SMILES string of the molecule is C(=C\C1CCCC(/C=C/C2CCCCC2)N1)/C1CCCCC1. The summed E-state index contributed by atoms with van der Waals surface area (Å²) in [5, 5.41) is 3.86. The third kappa shape index (κ3) is 5.26. The molecule has 2 atom stereocenters. The second kappa shape index (κ2) is 8.91. The van der Waals surface area contributed by atoms with Crippen molar-refractivity contribution in [1.82, 2.24) is 5.32 Å². The van der Waals surface area contributed by atoms with Crippen molar-refractivity contribution in [2.45, 2.75) is 95.6 Å². The fraction of sp³-hybridized carbons (Fsp3) is 0.810. The van der Waals surface area contributed by atoms with Gasteiger partial charge in [-0.3, -0.25) is 0 Å². The minimum atomic E-state index is 0.622. The lowest BCUT2D eigenvalue weighted by Gasteiger charge is -2.28. The van der Waals surface area contributed by atoms with E-state index in [9.17, 15) is 0 Å². The van der Waals surface area contributed by atoms with E-state index in [1.54, 1.807) is 0 Å². The van der Waals surface area contributed by atoms with Gasteiger partial charge >= 0.3 is 0 Å². The van der Waals surface area contributed by atoms with E-state index in [2.05, 4.69) is 29.6 Å². The normalized spacial score (nSPS) is 32.9. The summed E-state index contributed by atoms with van der Waals surface area (Å²) in [4.78, 5) is 0. The first-order valence-electron chi connectivity index (χ1n) is 10.0. The third-order valence-corrected chi connectivity index (χ3v) is 5.99. The number of piperidine rings is 1. The number of hydrogen-bond acceptors (Lipinski definition) is 1. The van der Waals surface area contributed by atoms with Crippen molar-refractivity contribution in [2.24, 2.45) is 11.8 Å². The quantitative estimate of drug-likeness (QED) is 0.650. The van der Waals surface area contributed by atoms with Crippen LogP contribution in [0.3, 0.4) is 0 Å². The molecule has 0 aromatic carbocycles. The van der Waals surface area contributed by atoms with E-state index in [1.807, 2.05) is 0 Å². The smallest absolute Gasteiger partial charge is 0.0255 e. The fourth-order valence-corrected chi connectivity index (χ4v) is 4.54. The van der Waals surface area contributed by atoms with Gasteiger partial charge in [-0.15, -0.1) is 0 Å². The van der Waals surface area contributed by atoms with E-state index in [0.717, 1.165) is 11.8 Å². The van der Waals surface area contributed by atoms with Crippen LogP contribution in [0.2, 0.25) is 0 Å². The monoisotopic (exact) mass is 301 g/mol. The van der Waals surface area contributed by atoms with E-state index in [4.69, 9.17) is 0 Å². The highest BCUT2D eigenvalue weighted by atomic mass is 15.0. The second-order valence-electron chi connectivity index (χ2n) is 7.88. The molecule has 0 aromatic rings. The molecule has 3 aliphatic rings. The average molecular weight is 302 g/mol. The standard InChI is InChI=1S/C21H35N/c1-3-8-18(9-4-1)14-16-20-12-7-13-21(22-20)17-15-19-10-5-2-6-11-19/h14-22H,1-13H2/b16-14+,17-15+. The average Bonchev–Trinajstić information content (AvgIpc) is 2.60. The maximum atomic E-state index is 3.86. The molecular weight excluding hydrogens is 266 g/mol. The van der Waals surface area contributed by atoms with Crippen LogP contribution < -0.4 is 5.32 Å². The van der Waals surface area contributed by atoms with Crippen molar-refractivity contribution in [2.75, 3.05) is 0 Å². The molecule has 22 heavy (non-hydrogen) atoms. The summed E-state index contributed by atoms with van der Waals surface area (Å²) in [6.45, 7) is 0. The Balaban J connectivity index is 1.44. The van der Waals surface area contributed by atoms with Gasteiger partial charge in [0.25, 0.3) is 0 Å². The van der Waals surface area contributed by atoms with Crippen molar-refractivity contribution in [3.05, 3.63) is 24.3 Å². The van der Waals surface area contributed by atoms with Crippen LogP contribution in [0, 0.1) is 11.8 Å². The van der Waals surface area contributed by atoms with Gasteiger partial charge < -0.3 is 5.32 Å². The number of rotatable bonds is 4. The predicted octanol–water partition coefficient (Wildman–Crippen LogP) is 5.77. The topological polar surface area (TPSA) is 12.0 Å². The molecule has 1 aliphatic heterocycles. The summed E-state index contributed by atoms with van der Waals surface area (Å²) in [6, 6.07) is 1.24. The molecule has 1 saturated heterocycles. The Bertz CT molecular complexity index is 324. The lowest BCUT2D eigenvalue weighted by atomic mass is 9.87. The molecule has 0 amide bonds. The van der Waals surface area contributed by atoms with Gasteiger partial charge in [-0.1, -0.05) is 62.8 Å². The lowest BCUT2D eigenvalue weighted by Crippen LogP contribution is -2.40. The molecule has 2 unspecified atom stereocenters. The van der Waals surface area contributed by atoms with Gasteiger partial charge in [-0.05, 0) is 56.8 Å². The van der Waals surface area contributed by atoms with Crippen molar-refractivity contribution >= 4 is 0 Å². The van der Waals surface area contributed by atoms with E-state index in [0.29, 0.717) is 12.1 Å². The van der Waals surface area contributed by atoms with Gasteiger partial charge in [0, 0.05) is 12.1 Å². The molecule has 2 saturated carbocycles. The summed E-state index contributed by atoms with van der Waals surface area (Å²) in [5.74, 6) is 1.74. The molecule has 2 aliphatic carbocycles. The highest BCUT2D eigenvalue weighted by Gasteiger charge is 2.18. The molecule has 3 rings (SSSR count). The van der Waals surface area contributed by atoms with Crippen LogP contribution in [-0.2, 0) is 0 Å². The third-order valence-electron chi connectivity index (χ3n) is 5.99. The number of hydrogen-bond donors (Lipinski definition) is 1. The van der Waals surface area contributed by atoms with Crippen LogP contribution in [0.15, 0.2) is 24.3 Å².